The number of hydrogen-bond donors (Lipinski definition) is 0. The van der Waals surface area contributed by atoms with Crippen LogP contribution in [-0.4, -0.2) is 0 Å². The highest BCUT2D eigenvalue weighted by atomic mass is 14.6. The van der Waals surface area contributed by atoms with E-state index in [4.69, 9.17) is 0 Å². The van der Waals surface area contributed by atoms with Crippen LogP contribution in [-0.2, 0) is 0 Å². The Hall–Kier alpha value is 0. The van der Waals surface area contributed by atoms with Crippen LogP contribution in [0.1, 0.15) is 58.3 Å². The molecule has 0 radical (unpaired) electrons. The molecule has 16 heavy (non-hydrogen) atoms. The Kier molecular flexibility index (Phi) is 2.18. The standard InChI is InChI=1S/C16H26/c1-10-8-16(10)15-7-6-14(15)13-5-4-12(13)9-11-2-3-11/h10-16H,2-9H2,1H3. The van der Waals surface area contributed by atoms with Gasteiger partial charge < -0.3 is 0 Å². The number of hydrogen-bond acceptors (Lipinski definition) is 0. The lowest BCUT2D eigenvalue weighted by molar-refractivity contribution is -0.0116. The largest absolute Gasteiger partial charge is 0.0622 e. The van der Waals surface area contributed by atoms with E-state index in [9.17, 15) is 0 Å². The van der Waals surface area contributed by atoms with Crippen molar-refractivity contribution < 1.29 is 0 Å². The molecule has 6 unspecified atom stereocenters. The van der Waals surface area contributed by atoms with Gasteiger partial charge in [-0.1, -0.05) is 19.8 Å². The van der Waals surface area contributed by atoms with Gasteiger partial charge in [-0.05, 0) is 80.0 Å². The van der Waals surface area contributed by atoms with Gasteiger partial charge in [0.25, 0.3) is 0 Å². The molecule has 0 saturated heterocycles. The molecule has 0 aromatic carbocycles. The first-order valence-corrected chi connectivity index (χ1v) is 7.83. The Labute approximate surface area is 100 Å². The maximum Gasteiger partial charge on any atom is -0.0352 e. The third-order valence-electron chi connectivity index (χ3n) is 6.46. The van der Waals surface area contributed by atoms with Crippen molar-refractivity contribution in [2.24, 2.45) is 41.4 Å². The van der Waals surface area contributed by atoms with E-state index in [0.29, 0.717) is 0 Å². The fourth-order valence-electron chi connectivity index (χ4n) is 4.80. The summed E-state index contributed by atoms with van der Waals surface area (Å²) in [6.07, 6.45) is 12.7. The molecule has 0 N–H and O–H groups in total. The van der Waals surface area contributed by atoms with Crippen molar-refractivity contribution in [1.82, 2.24) is 0 Å². The molecule has 0 aromatic heterocycles. The average Bonchev–Trinajstić information content (AvgIpc) is 3.07. The summed E-state index contributed by atoms with van der Waals surface area (Å²) in [5.41, 5.74) is 0. The van der Waals surface area contributed by atoms with Gasteiger partial charge in [0.1, 0.15) is 0 Å². The van der Waals surface area contributed by atoms with Crippen molar-refractivity contribution in [2.45, 2.75) is 58.3 Å². The first-order valence-electron chi connectivity index (χ1n) is 7.83. The Bertz CT molecular complexity index is 278. The zero-order chi connectivity index (χ0) is 10.7. The van der Waals surface area contributed by atoms with Crippen LogP contribution in [0.2, 0.25) is 0 Å². The van der Waals surface area contributed by atoms with Crippen LogP contribution in [0, 0.1) is 41.4 Å². The fraction of sp³-hybridized carbons (Fsp3) is 1.00. The molecule has 6 atom stereocenters. The van der Waals surface area contributed by atoms with Crippen LogP contribution >= 0.6 is 0 Å². The third-order valence-corrected chi connectivity index (χ3v) is 6.46. The Morgan fingerprint density at radius 2 is 1.38 bits per heavy atom. The summed E-state index contributed by atoms with van der Waals surface area (Å²) in [4.78, 5) is 0. The van der Waals surface area contributed by atoms with Gasteiger partial charge >= 0.3 is 0 Å². The Balaban J connectivity index is 1.34. The lowest BCUT2D eigenvalue weighted by Gasteiger charge is -2.51. The molecule has 0 aromatic rings. The Morgan fingerprint density at radius 3 is 1.81 bits per heavy atom. The molecule has 4 rings (SSSR count). The lowest BCUT2D eigenvalue weighted by Crippen LogP contribution is -2.42. The molecule has 4 fully saturated rings. The highest BCUT2D eigenvalue weighted by Gasteiger charge is 2.52. The van der Waals surface area contributed by atoms with Crippen molar-refractivity contribution >= 4 is 0 Å². The lowest BCUT2D eigenvalue weighted by atomic mass is 9.54. The minimum absolute atomic E-state index is 1.09. The van der Waals surface area contributed by atoms with Crippen molar-refractivity contribution in [2.75, 3.05) is 0 Å². The molecule has 0 aliphatic heterocycles. The second-order valence-corrected chi connectivity index (χ2v) is 7.46. The molecule has 0 heteroatoms. The summed E-state index contributed by atoms with van der Waals surface area (Å²) in [6, 6.07) is 0. The summed E-state index contributed by atoms with van der Waals surface area (Å²) < 4.78 is 0. The van der Waals surface area contributed by atoms with E-state index in [2.05, 4.69) is 6.92 Å². The summed E-state index contributed by atoms with van der Waals surface area (Å²) in [6.45, 7) is 2.47. The topological polar surface area (TPSA) is 0 Å². The van der Waals surface area contributed by atoms with Gasteiger partial charge in [-0.25, -0.2) is 0 Å². The van der Waals surface area contributed by atoms with Crippen molar-refractivity contribution in [3.63, 3.8) is 0 Å². The van der Waals surface area contributed by atoms with Crippen molar-refractivity contribution in [3.8, 4) is 0 Å². The van der Waals surface area contributed by atoms with Crippen LogP contribution in [0.15, 0.2) is 0 Å². The molecule has 0 nitrogen and oxygen atoms in total. The molecule has 0 spiro atoms. The quantitative estimate of drug-likeness (QED) is 0.652. The minimum Gasteiger partial charge on any atom is -0.0622 e. The van der Waals surface area contributed by atoms with Crippen LogP contribution in [0.5, 0.6) is 0 Å². The molecule has 90 valence electrons. The first-order chi connectivity index (χ1) is 7.83. The van der Waals surface area contributed by atoms with Gasteiger partial charge in [0.15, 0.2) is 0 Å². The molecule has 4 saturated carbocycles. The van der Waals surface area contributed by atoms with E-state index >= 15 is 0 Å². The molecular formula is C16H26. The maximum absolute atomic E-state index is 2.47. The minimum atomic E-state index is 1.09. The molecule has 0 amide bonds. The van der Waals surface area contributed by atoms with Crippen LogP contribution in [0.25, 0.3) is 0 Å². The van der Waals surface area contributed by atoms with Gasteiger partial charge in [0.2, 0.25) is 0 Å². The monoisotopic (exact) mass is 218 g/mol. The predicted octanol–water partition coefficient (Wildman–Crippen LogP) is 4.49. The van der Waals surface area contributed by atoms with Gasteiger partial charge in [-0.15, -0.1) is 0 Å². The smallest absolute Gasteiger partial charge is 0.0352 e. The summed E-state index contributed by atoms with van der Waals surface area (Å²) in [7, 11) is 0. The highest BCUT2D eigenvalue weighted by Crippen LogP contribution is 2.61. The molecule has 0 heterocycles. The molecule has 4 aliphatic rings. The van der Waals surface area contributed by atoms with E-state index in [0.717, 1.165) is 5.92 Å². The zero-order valence-corrected chi connectivity index (χ0v) is 10.7. The second-order valence-electron chi connectivity index (χ2n) is 7.46. The SMILES string of the molecule is CC1CC1C1CCC1C1CCC1CC1CC1. The Morgan fingerprint density at radius 1 is 0.750 bits per heavy atom. The van der Waals surface area contributed by atoms with E-state index < -0.39 is 0 Å². The van der Waals surface area contributed by atoms with Crippen molar-refractivity contribution in [1.29, 1.82) is 0 Å². The molecular weight excluding hydrogens is 192 g/mol. The average molecular weight is 218 g/mol. The van der Waals surface area contributed by atoms with Crippen molar-refractivity contribution in [3.05, 3.63) is 0 Å². The maximum atomic E-state index is 2.47. The van der Waals surface area contributed by atoms with E-state index in [1.165, 1.54) is 35.5 Å². The highest BCUT2D eigenvalue weighted by molar-refractivity contribution is 5.01. The van der Waals surface area contributed by atoms with Crippen LogP contribution in [0.4, 0.5) is 0 Å². The van der Waals surface area contributed by atoms with E-state index in [1.807, 2.05) is 0 Å². The van der Waals surface area contributed by atoms with Gasteiger partial charge in [0, 0.05) is 0 Å². The van der Waals surface area contributed by atoms with E-state index in [1.54, 1.807) is 51.4 Å². The summed E-state index contributed by atoms with van der Waals surface area (Å²) >= 11 is 0. The fourth-order valence-corrected chi connectivity index (χ4v) is 4.80. The molecule has 0 bridgehead atoms. The first kappa shape index (κ1) is 9.97. The zero-order valence-electron chi connectivity index (χ0n) is 10.7. The van der Waals surface area contributed by atoms with Crippen LogP contribution < -0.4 is 0 Å². The van der Waals surface area contributed by atoms with Gasteiger partial charge in [-0.2, -0.15) is 0 Å². The summed E-state index contributed by atoms with van der Waals surface area (Å²) in [5.74, 6) is 8.16. The molecule has 4 aliphatic carbocycles. The second kappa shape index (κ2) is 3.50. The summed E-state index contributed by atoms with van der Waals surface area (Å²) in [5, 5.41) is 0. The van der Waals surface area contributed by atoms with Gasteiger partial charge in [0.05, 0.1) is 0 Å². The normalized spacial score (nSPS) is 55.3. The predicted molar refractivity (Wildman–Crippen MR) is 67.0 cm³/mol. The van der Waals surface area contributed by atoms with E-state index in [-0.39, 0.29) is 0 Å². The van der Waals surface area contributed by atoms with Gasteiger partial charge in [-0.3, -0.25) is 0 Å². The third kappa shape index (κ3) is 1.56. The number of rotatable bonds is 4. The van der Waals surface area contributed by atoms with Crippen LogP contribution in [0.3, 0.4) is 0 Å².